The maximum absolute atomic E-state index is 12.4. The highest BCUT2D eigenvalue weighted by Crippen LogP contribution is 2.18. The van der Waals surface area contributed by atoms with E-state index in [0.29, 0.717) is 6.54 Å². The standard InChI is InChI=1S/C17H22N2O4/c1-17(2,3)23-16(22)19(10-12-7-5-4-6-8-12)11-13-9-14(20)18-15(13)21/h4-8,13H,9-11H2,1-3H3,(H,18,20,21)/t13-/m0/s1. The molecule has 1 aliphatic rings. The minimum Gasteiger partial charge on any atom is -0.444 e. The van der Waals surface area contributed by atoms with E-state index in [1.807, 2.05) is 30.3 Å². The van der Waals surface area contributed by atoms with Crippen LogP contribution in [0.2, 0.25) is 0 Å². The van der Waals surface area contributed by atoms with Gasteiger partial charge in [-0.3, -0.25) is 14.9 Å². The third-order valence-corrected chi connectivity index (χ3v) is 3.37. The van der Waals surface area contributed by atoms with Crippen LogP contribution in [0.1, 0.15) is 32.8 Å². The van der Waals surface area contributed by atoms with Crippen molar-refractivity contribution in [2.24, 2.45) is 5.92 Å². The Bertz CT molecular complexity index is 592. The molecular formula is C17H22N2O4. The summed E-state index contributed by atoms with van der Waals surface area (Å²) in [7, 11) is 0. The van der Waals surface area contributed by atoms with E-state index in [1.165, 1.54) is 4.90 Å². The number of nitrogens with zero attached hydrogens (tertiary/aromatic N) is 1. The second-order valence-corrected chi connectivity index (χ2v) is 6.66. The molecule has 0 aromatic heterocycles. The van der Waals surface area contributed by atoms with Gasteiger partial charge in [0, 0.05) is 19.5 Å². The van der Waals surface area contributed by atoms with Crippen LogP contribution in [0, 0.1) is 5.92 Å². The van der Waals surface area contributed by atoms with Crippen molar-refractivity contribution < 1.29 is 19.1 Å². The van der Waals surface area contributed by atoms with Gasteiger partial charge in [-0.25, -0.2) is 4.79 Å². The van der Waals surface area contributed by atoms with Gasteiger partial charge in [0.2, 0.25) is 11.8 Å². The largest absolute Gasteiger partial charge is 0.444 e. The van der Waals surface area contributed by atoms with Crippen molar-refractivity contribution in [3.8, 4) is 0 Å². The van der Waals surface area contributed by atoms with E-state index < -0.39 is 17.6 Å². The van der Waals surface area contributed by atoms with Crippen LogP contribution in [0.3, 0.4) is 0 Å². The molecule has 1 N–H and O–H groups in total. The Morgan fingerprint density at radius 1 is 1.26 bits per heavy atom. The van der Waals surface area contributed by atoms with E-state index >= 15 is 0 Å². The molecule has 2 rings (SSSR count). The van der Waals surface area contributed by atoms with Gasteiger partial charge in [-0.05, 0) is 26.3 Å². The summed E-state index contributed by atoms with van der Waals surface area (Å²) in [6.07, 6.45) is -0.388. The first kappa shape index (κ1) is 17.0. The van der Waals surface area contributed by atoms with Crippen molar-refractivity contribution in [1.82, 2.24) is 10.2 Å². The van der Waals surface area contributed by atoms with E-state index in [9.17, 15) is 14.4 Å². The van der Waals surface area contributed by atoms with Crippen LogP contribution >= 0.6 is 0 Å². The number of ether oxygens (including phenoxy) is 1. The minimum atomic E-state index is -0.625. The summed E-state index contributed by atoms with van der Waals surface area (Å²) in [6, 6.07) is 9.46. The second-order valence-electron chi connectivity index (χ2n) is 6.66. The average Bonchev–Trinajstić information content (AvgIpc) is 2.75. The maximum atomic E-state index is 12.4. The Balaban J connectivity index is 2.12. The van der Waals surface area contributed by atoms with E-state index in [2.05, 4.69) is 5.32 Å². The van der Waals surface area contributed by atoms with Crippen molar-refractivity contribution >= 4 is 17.9 Å². The lowest BCUT2D eigenvalue weighted by molar-refractivity contribution is -0.125. The summed E-state index contributed by atoms with van der Waals surface area (Å²) >= 11 is 0. The van der Waals surface area contributed by atoms with Crippen LogP contribution in [-0.2, 0) is 20.9 Å². The lowest BCUT2D eigenvalue weighted by Crippen LogP contribution is -2.40. The van der Waals surface area contributed by atoms with Crippen molar-refractivity contribution in [1.29, 1.82) is 0 Å². The van der Waals surface area contributed by atoms with E-state index in [-0.39, 0.29) is 24.8 Å². The van der Waals surface area contributed by atoms with Crippen LogP contribution in [0.15, 0.2) is 30.3 Å². The number of hydrogen-bond acceptors (Lipinski definition) is 4. The Morgan fingerprint density at radius 3 is 2.43 bits per heavy atom. The van der Waals surface area contributed by atoms with Gasteiger partial charge in [0.1, 0.15) is 5.60 Å². The summed E-state index contributed by atoms with van der Waals surface area (Å²) in [5, 5.41) is 2.27. The molecule has 1 saturated heterocycles. The molecule has 1 aromatic carbocycles. The van der Waals surface area contributed by atoms with Gasteiger partial charge in [-0.1, -0.05) is 30.3 Å². The molecule has 1 fully saturated rings. The number of nitrogens with one attached hydrogen (secondary N) is 1. The second kappa shape index (κ2) is 6.81. The molecule has 6 nitrogen and oxygen atoms in total. The van der Waals surface area contributed by atoms with Crippen LogP contribution in [0.5, 0.6) is 0 Å². The zero-order valence-corrected chi connectivity index (χ0v) is 13.7. The molecule has 124 valence electrons. The summed E-state index contributed by atoms with van der Waals surface area (Å²) in [5.41, 5.74) is 0.308. The number of benzene rings is 1. The molecule has 0 saturated carbocycles. The minimum absolute atomic E-state index is 0.104. The van der Waals surface area contributed by atoms with E-state index in [4.69, 9.17) is 4.74 Å². The van der Waals surface area contributed by atoms with Crippen molar-refractivity contribution in [3.05, 3.63) is 35.9 Å². The molecule has 1 heterocycles. The average molecular weight is 318 g/mol. The Labute approximate surface area is 135 Å². The SMILES string of the molecule is CC(C)(C)OC(=O)N(Cc1ccccc1)C[C@@H]1CC(=O)NC1=O. The van der Waals surface area contributed by atoms with Crippen LogP contribution in [0.25, 0.3) is 0 Å². The highest BCUT2D eigenvalue weighted by molar-refractivity contribution is 6.03. The zero-order valence-electron chi connectivity index (χ0n) is 13.7. The van der Waals surface area contributed by atoms with Gasteiger partial charge in [0.25, 0.3) is 0 Å². The fourth-order valence-electron chi connectivity index (χ4n) is 2.35. The zero-order chi connectivity index (χ0) is 17.0. The lowest BCUT2D eigenvalue weighted by Gasteiger charge is -2.28. The first-order chi connectivity index (χ1) is 10.7. The molecule has 23 heavy (non-hydrogen) atoms. The van der Waals surface area contributed by atoms with E-state index in [1.54, 1.807) is 20.8 Å². The summed E-state index contributed by atoms with van der Waals surface area (Å²) in [5.74, 6) is -1.17. The highest BCUT2D eigenvalue weighted by atomic mass is 16.6. The molecule has 0 aliphatic carbocycles. The molecular weight excluding hydrogens is 296 g/mol. The van der Waals surface area contributed by atoms with Crippen molar-refractivity contribution in [3.63, 3.8) is 0 Å². The first-order valence-electron chi connectivity index (χ1n) is 7.60. The number of hydrogen-bond donors (Lipinski definition) is 1. The van der Waals surface area contributed by atoms with Crippen molar-refractivity contribution in [2.75, 3.05) is 6.54 Å². The topological polar surface area (TPSA) is 75.7 Å². The van der Waals surface area contributed by atoms with Crippen LogP contribution in [0.4, 0.5) is 4.79 Å². The predicted octanol–water partition coefficient (Wildman–Crippen LogP) is 2.09. The van der Waals surface area contributed by atoms with Crippen LogP contribution < -0.4 is 5.32 Å². The number of rotatable bonds is 4. The van der Waals surface area contributed by atoms with E-state index in [0.717, 1.165) is 5.56 Å². The third-order valence-electron chi connectivity index (χ3n) is 3.37. The van der Waals surface area contributed by atoms with Gasteiger partial charge in [-0.15, -0.1) is 0 Å². The van der Waals surface area contributed by atoms with Gasteiger partial charge >= 0.3 is 6.09 Å². The fourth-order valence-corrected chi connectivity index (χ4v) is 2.35. The smallest absolute Gasteiger partial charge is 0.410 e. The lowest BCUT2D eigenvalue weighted by atomic mass is 10.1. The van der Waals surface area contributed by atoms with Gasteiger partial charge in [-0.2, -0.15) is 0 Å². The first-order valence-corrected chi connectivity index (χ1v) is 7.60. The number of imide groups is 1. The number of amides is 3. The normalized spacial score (nSPS) is 17.8. The van der Waals surface area contributed by atoms with Crippen molar-refractivity contribution in [2.45, 2.75) is 39.3 Å². The molecule has 0 bridgehead atoms. The third kappa shape index (κ3) is 5.09. The Hall–Kier alpha value is -2.37. The quantitative estimate of drug-likeness (QED) is 0.863. The predicted molar refractivity (Wildman–Crippen MR) is 84.3 cm³/mol. The molecule has 1 aliphatic heterocycles. The van der Waals surface area contributed by atoms with Crippen LogP contribution in [-0.4, -0.2) is 35.0 Å². The summed E-state index contributed by atoms with van der Waals surface area (Å²) in [4.78, 5) is 37.0. The van der Waals surface area contributed by atoms with Gasteiger partial charge in [0.15, 0.2) is 0 Å². The summed E-state index contributed by atoms with van der Waals surface area (Å²) in [6.45, 7) is 5.85. The van der Waals surface area contributed by atoms with Gasteiger partial charge in [0.05, 0.1) is 5.92 Å². The maximum Gasteiger partial charge on any atom is 0.410 e. The molecule has 3 amide bonds. The molecule has 0 unspecified atom stereocenters. The molecule has 1 atom stereocenters. The fraction of sp³-hybridized carbons (Fsp3) is 0.471. The molecule has 6 heteroatoms. The number of carbonyl (C=O) groups is 3. The molecule has 0 spiro atoms. The van der Waals surface area contributed by atoms with Gasteiger partial charge < -0.3 is 9.64 Å². The monoisotopic (exact) mass is 318 g/mol. The molecule has 0 radical (unpaired) electrons. The number of carbonyl (C=O) groups excluding carboxylic acids is 3. The highest BCUT2D eigenvalue weighted by Gasteiger charge is 2.34. The Kier molecular flexibility index (Phi) is 5.03. The molecule has 1 aromatic rings. The summed E-state index contributed by atoms with van der Waals surface area (Å²) < 4.78 is 5.41. The Morgan fingerprint density at radius 2 is 1.91 bits per heavy atom.